The molecule has 0 nitrogen and oxygen atoms in total. The van der Waals surface area contributed by atoms with Crippen molar-refractivity contribution in [2.75, 3.05) is 0 Å². The molecule has 0 radical (unpaired) electrons. The molecule has 0 saturated carbocycles. The molecule has 2 aromatic rings. The van der Waals surface area contributed by atoms with E-state index in [0.29, 0.717) is 0 Å². The van der Waals surface area contributed by atoms with Crippen LogP contribution in [-0.2, 0) is 12.8 Å². The molecule has 0 fully saturated rings. The highest BCUT2D eigenvalue weighted by Gasteiger charge is 1.80. The number of benzene rings is 2. The smallest absolute Gasteiger partial charge is 0.0307 e. The largest absolute Gasteiger partial charge is 0.0656 e. The summed E-state index contributed by atoms with van der Waals surface area (Å²) in [5.74, 6) is 0. The van der Waals surface area contributed by atoms with Crippen LogP contribution in [0.4, 0.5) is 0 Å². The third kappa shape index (κ3) is 16.5. The van der Waals surface area contributed by atoms with Gasteiger partial charge >= 0.3 is 0 Å². The van der Waals surface area contributed by atoms with E-state index in [1.165, 1.54) is 24.0 Å². The summed E-state index contributed by atoms with van der Waals surface area (Å²) in [4.78, 5) is 0. The SMILES string of the molecule is CCC.CCC.CCc1ccccc1.CCc1ccccc1. The van der Waals surface area contributed by atoms with E-state index in [2.05, 4.69) is 90.1 Å². The second-order valence-electron chi connectivity index (χ2n) is 5.09. The maximum Gasteiger partial charge on any atom is -0.0307 e. The summed E-state index contributed by atoms with van der Waals surface area (Å²) in [6.07, 6.45) is 4.78. The van der Waals surface area contributed by atoms with Gasteiger partial charge in [0.05, 0.1) is 0 Å². The van der Waals surface area contributed by atoms with Crippen LogP contribution in [0, 0.1) is 0 Å². The lowest BCUT2D eigenvalue weighted by Crippen LogP contribution is -1.73. The van der Waals surface area contributed by atoms with E-state index in [1.54, 1.807) is 0 Å². The minimum Gasteiger partial charge on any atom is -0.0656 e. The first-order chi connectivity index (χ1) is 10.7. The summed E-state index contributed by atoms with van der Waals surface area (Å²) in [5, 5.41) is 0. The zero-order valence-corrected chi connectivity index (χ0v) is 15.6. The summed E-state index contributed by atoms with van der Waals surface area (Å²) in [7, 11) is 0. The molecule has 0 aliphatic rings. The molecular weight excluding hydrogens is 264 g/mol. The van der Waals surface area contributed by atoms with Crippen LogP contribution in [0.5, 0.6) is 0 Å². The molecule has 0 heterocycles. The van der Waals surface area contributed by atoms with Gasteiger partial charge in [-0.3, -0.25) is 0 Å². The van der Waals surface area contributed by atoms with Crippen molar-refractivity contribution in [3.05, 3.63) is 71.8 Å². The Morgan fingerprint density at radius 2 is 0.682 bits per heavy atom. The van der Waals surface area contributed by atoms with Gasteiger partial charge in [0, 0.05) is 0 Å². The van der Waals surface area contributed by atoms with Crippen molar-refractivity contribution in [2.24, 2.45) is 0 Å². The minimum atomic E-state index is 1.14. The monoisotopic (exact) mass is 300 g/mol. The van der Waals surface area contributed by atoms with E-state index < -0.39 is 0 Å². The number of aryl methyl sites for hydroxylation is 2. The topological polar surface area (TPSA) is 0 Å². The Labute approximate surface area is 139 Å². The fourth-order valence-corrected chi connectivity index (χ4v) is 1.43. The van der Waals surface area contributed by atoms with E-state index in [4.69, 9.17) is 0 Å². The molecule has 0 aromatic heterocycles. The first-order valence-electron chi connectivity index (χ1n) is 8.77. The van der Waals surface area contributed by atoms with Crippen molar-refractivity contribution < 1.29 is 0 Å². The molecule has 0 bridgehead atoms. The van der Waals surface area contributed by atoms with Gasteiger partial charge in [0.15, 0.2) is 0 Å². The molecule has 0 aliphatic carbocycles. The van der Waals surface area contributed by atoms with Gasteiger partial charge in [-0.1, -0.05) is 115 Å². The molecule has 0 N–H and O–H groups in total. The molecule has 0 saturated heterocycles. The Morgan fingerprint density at radius 1 is 0.455 bits per heavy atom. The lowest BCUT2D eigenvalue weighted by atomic mass is 10.2. The second-order valence-corrected chi connectivity index (χ2v) is 5.09. The van der Waals surface area contributed by atoms with Crippen LogP contribution in [0.15, 0.2) is 60.7 Å². The fourth-order valence-electron chi connectivity index (χ4n) is 1.43. The molecule has 2 rings (SSSR count). The summed E-state index contributed by atoms with van der Waals surface area (Å²) < 4.78 is 0. The van der Waals surface area contributed by atoms with Crippen molar-refractivity contribution in [1.29, 1.82) is 0 Å². The van der Waals surface area contributed by atoms with Crippen LogP contribution >= 0.6 is 0 Å². The van der Waals surface area contributed by atoms with Gasteiger partial charge < -0.3 is 0 Å². The highest BCUT2D eigenvalue weighted by atomic mass is 13.9. The third-order valence-electron chi connectivity index (χ3n) is 2.50. The molecule has 22 heavy (non-hydrogen) atoms. The molecule has 0 atom stereocenters. The van der Waals surface area contributed by atoms with Gasteiger partial charge in [-0.25, -0.2) is 0 Å². The van der Waals surface area contributed by atoms with E-state index in [0.717, 1.165) is 12.8 Å². The number of rotatable bonds is 2. The maximum atomic E-state index is 2.16. The van der Waals surface area contributed by atoms with Crippen LogP contribution in [0.1, 0.15) is 65.5 Å². The minimum absolute atomic E-state index is 1.14. The molecule has 2 aromatic carbocycles. The molecule has 0 spiro atoms. The Morgan fingerprint density at radius 3 is 0.818 bits per heavy atom. The standard InChI is InChI=1S/2C8H10.2C3H8/c2*1-2-8-6-4-3-5-7-8;2*1-3-2/h2*3-7H,2H2,1H3;2*3H2,1-2H3. The zero-order chi connectivity index (χ0) is 17.1. The van der Waals surface area contributed by atoms with Crippen molar-refractivity contribution in [2.45, 2.75) is 67.2 Å². The first-order valence-corrected chi connectivity index (χ1v) is 8.77. The molecule has 0 heteroatoms. The van der Waals surface area contributed by atoms with E-state index in [1.807, 2.05) is 12.1 Å². The lowest BCUT2D eigenvalue weighted by molar-refractivity contribution is 1.09. The van der Waals surface area contributed by atoms with Crippen LogP contribution in [0.3, 0.4) is 0 Å². The lowest BCUT2D eigenvalue weighted by Gasteiger charge is -1.89. The normalized spacial score (nSPS) is 8.27. The van der Waals surface area contributed by atoms with Crippen molar-refractivity contribution in [1.82, 2.24) is 0 Å². The summed E-state index contributed by atoms with van der Waals surface area (Å²) in [6, 6.07) is 20.9. The quantitative estimate of drug-likeness (QED) is 0.544. The van der Waals surface area contributed by atoms with E-state index in [-0.39, 0.29) is 0 Å². The van der Waals surface area contributed by atoms with Gasteiger partial charge in [0.25, 0.3) is 0 Å². The van der Waals surface area contributed by atoms with Crippen molar-refractivity contribution in [3.8, 4) is 0 Å². The van der Waals surface area contributed by atoms with E-state index >= 15 is 0 Å². The Bertz CT molecular complexity index is 347. The molecule has 0 unspecified atom stereocenters. The average molecular weight is 301 g/mol. The number of hydrogen-bond acceptors (Lipinski definition) is 0. The predicted octanol–water partition coefficient (Wildman–Crippen LogP) is 7.33. The Balaban J connectivity index is 0. The maximum absolute atomic E-state index is 2.16. The molecule has 0 aliphatic heterocycles. The van der Waals surface area contributed by atoms with Crippen molar-refractivity contribution in [3.63, 3.8) is 0 Å². The highest BCUT2D eigenvalue weighted by Crippen LogP contribution is 1.97. The first kappa shape index (κ1) is 22.7. The van der Waals surface area contributed by atoms with Gasteiger partial charge in [-0.15, -0.1) is 0 Å². The predicted molar refractivity (Wildman–Crippen MR) is 104 cm³/mol. The van der Waals surface area contributed by atoms with Crippen LogP contribution < -0.4 is 0 Å². The van der Waals surface area contributed by atoms with Gasteiger partial charge in [0.2, 0.25) is 0 Å². The fraction of sp³-hybridized carbons (Fsp3) is 0.455. The summed E-state index contributed by atoms with van der Waals surface area (Å²) >= 11 is 0. The van der Waals surface area contributed by atoms with Gasteiger partial charge in [-0.2, -0.15) is 0 Å². The van der Waals surface area contributed by atoms with Gasteiger partial charge in [-0.05, 0) is 24.0 Å². The molecule has 124 valence electrons. The van der Waals surface area contributed by atoms with Crippen molar-refractivity contribution >= 4 is 0 Å². The second kappa shape index (κ2) is 19.4. The van der Waals surface area contributed by atoms with Crippen LogP contribution in [0.2, 0.25) is 0 Å². The van der Waals surface area contributed by atoms with E-state index in [9.17, 15) is 0 Å². The molecular formula is C22H36. The summed E-state index contributed by atoms with van der Waals surface area (Å²) in [5.41, 5.74) is 2.82. The highest BCUT2D eigenvalue weighted by molar-refractivity contribution is 5.14. The Kier molecular flexibility index (Phi) is 20.1. The summed E-state index contributed by atoms with van der Waals surface area (Å²) in [6.45, 7) is 12.8. The third-order valence-corrected chi connectivity index (χ3v) is 2.50. The zero-order valence-electron chi connectivity index (χ0n) is 15.6. The Hall–Kier alpha value is -1.56. The average Bonchev–Trinajstić information content (AvgIpc) is 2.58. The van der Waals surface area contributed by atoms with Crippen LogP contribution in [0.25, 0.3) is 0 Å². The molecule has 0 amide bonds. The van der Waals surface area contributed by atoms with Crippen LogP contribution in [-0.4, -0.2) is 0 Å². The van der Waals surface area contributed by atoms with Gasteiger partial charge in [0.1, 0.15) is 0 Å². The number of hydrogen-bond donors (Lipinski definition) is 0.